The largest absolute Gasteiger partial charge is 0.497 e. The SMILES string of the molecule is COc1ccc2c(c1)c(SC(C)N(C)C)cn2S(=O)(=O)c1ccccc1. The summed E-state index contributed by atoms with van der Waals surface area (Å²) in [6, 6.07) is 13.9. The van der Waals surface area contributed by atoms with Crippen LogP contribution in [-0.4, -0.2) is 43.9 Å². The van der Waals surface area contributed by atoms with Gasteiger partial charge in [0.15, 0.2) is 0 Å². The van der Waals surface area contributed by atoms with Gasteiger partial charge in [0.1, 0.15) is 5.75 Å². The van der Waals surface area contributed by atoms with Gasteiger partial charge in [-0.25, -0.2) is 12.4 Å². The molecular weight excluding hydrogens is 368 g/mol. The standard InChI is InChI=1S/C19H22N2O3S2/c1-14(20(2)3)25-19-13-21(18-11-10-15(24-4)12-17(18)19)26(22,23)16-8-6-5-7-9-16/h5-14H,1-4H3. The number of methoxy groups -OCH3 is 1. The van der Waals surface area contributed by atoms with Crippen LogP contribution in [0.5, 0.6) is 5.75 Å². The van der Waals surface area contributed by atoms with Crippen molar-refractivity contribution in [1.29, 1.82) is 0 Å². The number of thioether (sulfide) groups is 1. The van der Waals surface area contributed by atoms with Crippen LogP contribution in [0.2, 0.25) is 0 Å². The van der Waals surface area contributed by atoms with E-state index in [1.807, 2.05) is 20.2 Å². The first kappa shape index (κ1) is 18.8. The molecule has 1 atom stereocenters. The molecule has 0 saturated heterocycles. The third-order valence-electron chi connectivity index (χ3n) is 4.27. The van der Waals surface area contributed by atoms with Crippen LogP contribution in [0.3, 0.4) is 0 Å². The minimum atomic E-state index is -3.67. The summed E-state index contributed by atoms with van der Waals surface area (Å²) in [5.74, 6) is 0.701. The van der Waals surface area contributed by atoms with Gasteiger partial charge in [0.2, 0.25) is 0 Å². The minimum absolute atomic E-state index is 0.194. The van der Waals surface area contributed by atoms with Crippen LogP contribution in [0.15, 0.2) is 64.5 Å². The highest BCUT2D eigenvalue weighted by atomic mass is 32.2. The molecule has 138 valence electrons. The van der Waals surface area contributed by atoms with Crippen molar-refractivity contribution in [2.24, 2.45) is 0 Å². The lowest BCUT2D eigenvalue weighted by atomic mass is 10.2. The van der Waals surface area contributed by atoms with Gasteiger partial charge in [0.05, 0.1) is 22.9 Å². The third-order valence-corrected chi connectivity index (χ3v) is 7.30. The maximum atomic E-state index is 13.1. The molecule has 5 nitrogen and oxygen atoms in total. The summed E-state index contributed by atoms with van der Waals surface area (Å²) in [5.41, 5.74) is 0.642. The Morgan fingerprint density at radius 2 is 1.81 bits per heavy atom. The van der Waals surface area contributed by atoms with Gasteiger partial charge in [-0.1, -0.05) is 18.2 Å². The molecule has 2 aromatic carbocycles. The van der Waals surface area contributed by atoms with Crippen LogP contribution >= 0.6 is 11.8 Å². The van der Waals surface area contributed by atoms with Gasteiger partial charge < -0.3 is 4.74 Å². The molecule has 0 aliphatic heterocycles. The molecule has 0 aliphatic carbocycles. The Hall–Kier alpha value is -1.96. The highest BCUT2D eigenvalue weighted by Gasteiger charge is 2.22. The van der Waals surface area contributed by atoms with E-state index < -0.39 is 10.0 Å². The van der Waals surface area contributed by atoms with Crippen molar-refractivity contribution in [2.75, 3.05) is 21.2 Å². The van der Waals surface area contributed by atoms with Crippen molar-refractivity contribution in [3.8, 4) is 5.75 Å². The lowest BCUT2D eigenvalue weighted by molar-refractivity contribution is 0.402. The third kappa shape index (κ3) is 3.47. The van der Waals surface area contributed by atoms with Crippen LogP contribution in [0, 0.1) is 0 Å². The maximum Gasteiger partial charge on any atom is 0.268 e. The fraction of sp³-hybridized carbons (Fsp3) is 0.263. The molecule has 0 N–H and O–H groups in total. The van der Waals surface area contributed by atoms with Crippen LogP contribution in [0.1, 0.15) is 6.92 Å². The Bertz CT molecular complexity index is 1010. The molecule has 0 radical (unpaired) electrons. The van der Waals surface area contributed by atoms with Gasteiger partial charge in [0, 0.05) is 16.5 Å². The predicted molar refractivity (Wildman–Crippen MR) is 107 cm³/mol. The molecule has 26 heavy (non-hydrogen) atoms. The lowest BCUT2D eigenvalue weighted by Crippen LogP contribution is -2.20. The number of hydrogen-bond donors (Lipinski definition) is 0. The topological polar surface area (TPSA) is 51.5 Å². The second kappa shape index (κ2) is 7.34. The zero-order valence-electron chi connectivity index (χ0n) is 15.2. The quantitative estimate of drug-likeness (QED) is 0.472. The van der Waals surface area contributed by atoms with Crippen LogP contribution < -0.4 is 4.74 Å². The molecule has 0 amide bonds. The molecule has 0 bridgehead atoms. The fourth-order valence-corrected chi connectivity index (χ4v) is 5.06. The lowest BCUT2D eigenvalue weighted by Gasteiger charge is -2.18. The molecule has 1 heterocycles. The van der Waals surface area contributed by atoms with Gasteiger partial charge >= 0.3 is 0 Å². The van der Waals surface area contributed by atoms with E-state index in [1.165, 1.54) is 3.97 Å². The second-order valence-corrected chi connectivity index (χ2v) is 9.34. The Morgan fingerprint density at radius 1 is 1.12 bits per heavy atom. The minimum Gasteiger partial charge on any atom is -0.497 e. The molecule has 7 heteroatoms. The maximum absolute atomic E-state index is 13.1. The number of aromatic nitrogens is 1. The smallest absolute Gasteiger partial charge is 0.268 e. The number of ether oxygens (including phenoxy) is 1. The normalized spacial score (nSPS) is 13.3. The van der Waals surface area contributed by atoms with Gasteiger partial charge in [-0.3, -0.25) is 4.90 Å². The zero-order chi connectivity index (χ0) is 18.9. The van der Waals surface area contributed by atoms with Gasteiger partial charge in [0.25, 0.3) is 10.0 Å². The van der Waals surface area contributed by atoms with Crippen molar-refractivity contribution in [3.05, 3.63) is 54.7 Å². The monoisotopic (exact) mass is 390 g/mol. The Kier molecular flexibility index (Phi) is 5.32. The number of benzene rings is 2. The van der Waals surface area contributed by atoms with E-state index in [1.54, 1.807) is 67.5 Å². The molecule has 3 aromatic rings. The number of nitrogens with zero attached hydrogens (tertiary/aromatic N) is 2. The van der Waals surface area contributed by atoms with Gasteiger partial charge in [-0.15, -0.1) is 11.8 Å². The van der Waals surface area contributed by atoms with Gasteiger partial charge in [-0.05, 0) is 51.4 Å². The van der Waals surface area contributed by atoms with E-state index in [4.69, 9.17) is 4.74 Å². The van der Waals surface area contributed by atoms with E-state index in [2.05, 4.69) is 11.8 Å². The van der Waals surface area contributed by atoms with E-state index in [-0.39, 0.29) is 10.3 Å². The summed E-state index contributed by atoms with van der Waals surface area (Å²) in [6.45, 7) is 2.08. The summed E-state index contributed by atoms with van der Waals surface area (Å²) in [4.78, 5) is 3.25. The first-order valence-corrected chi connectivity index (χ1v) is 10.5. The van der Waals surface area contributed by atoms with Crippen LogP contribution in [0.4, 0.5) is 0 Å². The molecular formula is C19H22N2O3S2. The first-order chi connectivity index (χ1) is 12.3. The van der Waals surface area contributed by atoms with Gasteiger partial charge in [-0.2, -0.15) is 0 Å². The van der Waals surface area contributed by atoms with Crippen LogP contribution in [-0.2, 0) is 10.0 Å². The molecule has 0 saturated carbocycles. The fourth-order valence-electron chi connectivity index (χ4n) is 2.57. The summed E-state index contributed by atoms with van der Waals surface area (Å²) < 4.78 is 33.0. The van der Waals surface area contributed by atoms with E-state index in [9.17, 15) is 8.42 Å². The molecule has 3 rings (SSSR count). The Labute approximate surface area is 158 Å². The van der Waals surface area contributed by atoms with Crippen molar-refractivity contribution in [1.82, 2.24) is 8.87 Å². The van der Waals surface area contributed by atoms with E-state index in [0.29, 0.717) is 11.3 Å². The number of rotatable bonds is 6. The molecule has 0 fully saturated rings. The predicted octanol–water partition coefficient (Wildman–Crippen LogP) is 3.89. The van der Waals surface area contributed by atoms with Crippen molar-refractivity contribution in [3.63, 3.8) is 0 Å². The summed E-state index contributed by atoms with van der Waals surface area (Å²) in [5, 5.41) is 1.06. The number of fused-ring (bicyclic) bond motifs is 1. The summed E-state index contributed by atoms with van der Waals surface area (Å²) in [7, 11) is 1.93. The van der Waals surface area contributed by atoms with Crippen molar-refractivity contribution >= 4 is 32.7 Å². The molecule has 0 spiro atoms. The second-order valence-electron chi connectivity index (χ2n) is 6.17. The van der Waals surface area contributed by atoms with Crippen LogP contribution in [0.25, 0.3) is 10.9 Å². The Morgan fingerprint density at radius 3 is 2.42 bits per heavy atom. The molecule has 1 aromatic heterocycles. The van der Waals surface area contributed by atoms with Crippen molar-refractivity contribution < 1.29 is 13.2 Å². The molecule has 1 unspecified atom stereocenters. The van der Waals surface area contributed by atoms with Crippen molar-refractivity contribution in [2.45, 2.75) is 22.1 Å². The average Bonchev–Trinajstić information content (AvgIpc) is 3.00. The van der Waals surface area contributed by atoms with E-state index >= 15 is 0 Å². The average molecular weight is 391 g/mol. The molecule has 0 aliphatic rings. The highest BCUT2D eigenvalue weighted by Crippen LogP contribution is 2.36. The summed E-state index contributed by atoms with van der Waals surface area (Å²) in [6.07, 6.45) is 1.71. The zero-order valence-corrected chi connectivity index (χ0v) is 16.8. The Balaban J connectivity index is 2.20. The number of hydrogen-bond acceptors (Lipinski definition) is 5. The highest BCUT2D eigenvalue weighted by molar-refractivity contribution is 8.00. The first-order valence-electron chi connectivity index (χ1n) is 8.17. The van der Waals surface area contributed by atoms with E-state index in [0.717, 1.165) is 10.3 Å². The summed E-state index contributed by atoms with van der Waals surface area (Å²) >= 11 is 1.62.